The molecule has 3 aromatic carbocycles. The van der Waals surface area contributed by atoms with Gasteiger partial charge in [0.1, 0.15) is 5.75 Å². The largest absolute Gasteiger partial charge is 0.497 e. The third-order valence-electron chi connectivity index (χ3n) is 6.25. The molecule has 0 saturated carbocycles. The van der Waals surface area contributed by atoms with Gasteiger partial charge in [-0.2, -0.15) is 0 Å². The van der Waals surface area contributed by atoms with Crippen molar-refractivity contribution in [3.8, 4) is 5.75 Å². The van der Waals surface area contributed by atoms with E-state index in [9.17, 15) is 9.59 Å². The topological polar surface area (TPSA) is 61.9 Å². The number of nitrogens with one attached hydrogen (secondary N) is 1. The minimum atomic E-state index is -0.129. The standard InChI is InChI=1S/C28H31N3O3/c1-20-10-15-26(25(18-20)29-27(32)19-22-11-13-24(34-3)14-12-22)31-17-7-16-30(28(31)33)21(2)23-8-5-4-6-9-23/h4-6,8-15,18,21H,7,16-17,19H2,1-3H3,(H,29,32). The van der Waals surface area contributed by atoms with Gasteiger partial charge in [-0.25, -0.2) is 4.79 Å². The molecule has 6 heteroatoms. The molecule has 1 aliphatic rings. The number of amides is 3. The van der Waals surface area contributed by atoms with Gasteiger partial charge < -0.3 is 15.0 Å². The van der Waals surface area contributed by atoms with Crippen molar-refractivity contribution in [3.05, 3.63) is 89.5 Å². The van der Waals surface area contributed by atoms with Crippen LogP contribution in [-0.4, -0.2) is 37.0 Å². The zero-order valence-corrected chi connectivity index (χ0v) is 20.0. The van der Waals surface area contributed by atoms with Crippen LogP contribution >= 0.6 is 0 Å². The van der Waals surface area contributed by atoms with Gasteiger partial charge in [0.2, 0.25) is 5.91 Å². The number of nitrogens with zero attached hydrogens (tertiary/aromatic N) is 2. The Morgan fingerprint density at radius 2 is 1.76 bits per heavy atom. The molecule has 0 spiro atoms. The summed E-state index contributed by atoms with van der Waals surface area (Å²) in [6, 6.07) is 23.3. The molecule has 0 aliphatic carbocycles. The molecule has 1 N–H and O–H groups in total. The lowest BCUT2D eigenvalue weighted by Gasteiger charge is -2.39. The zero-order chi connectivity index (χ0) is 24.1. The monoisotopic (exact) mass is 457 g/mol. The molecule has 34 heavy (non-hydrogen) atoms. The van der Waals surface area contributed by atoms with Crippen LogP contribution in [0.5, 0.6) is 5.75 Å². The molecule has 3 amide bonds. The van der Waals surface area contributed by atoms with Crippen LogP contribution in [0.25, 0.3) is 0 Å². The Kier molecular flexibility index (Phi) is 7.16. The summed E-state index contributed by atoms with van der Waals surface area (Å²) >= 11 is 0. The average molecular weight is 458 g/mol. The maximum Gasteiger partial charge on any atom is 0.325 e. The van der Waals surface area contributed by atoms with Crippen LogP contribution in [0.15, 0.2) is 72.8 Å². The minimum Gasteiger partial charge on any atom is -0.497 e. The van der Waals surface area contributed by atoms with Gasteiger partial charge in [-0.1, -0.05) is 48.5 Å². The normalized spacial score (nSPS) is 14.6. The smallest absolute Gasteiger partial charge is 0.325 e. The SMILES string of the molecule is COc1ccc(CC(=O)Nc2cc(C)ccc2N2CCCN(C(C)c3ccccc3)C2=O)cc1. The van der Waals surface area contributed by atoms with Gasteiger partial charge in [-0.3, -0.25) is 9.69 Å². The third kappa shape index (κ3) is 5.22. The van der Waals surface area contributed by atoms with E-state index in [-0.39, 0.29) is 24.4 Å². The van der Waals surface area contributed by atoms with Crippen molar-refractivity contribution in [2.45, 2.75) is 32.7 Å². The summed E-state index contributed by atoms with van der Waals surface area (Å²) in [5.41, 5.74) is 4.39. The molecule has 0 aromatic heterocycles. The lowest BCUT2D eigenvalue weighted by atomic mass is 10.1. The lowest BCUT2D eigenvalue weighted by molar-refractivity contribution is -0.115. The highest BCUT2D eigenvalue weighted by Gasteiger charge is 2.32. The van der Waals surface area contributed by atoms with E-state index in [4.69, 9.17) is 4.74 Å². The molecular formula is C28H31N3O3. The molecule has 0 bridgehead atoms. The van der Waals surface area contributed by atoms with Crippen LogP contribution in [0.2, 0.25) is 0 Å². The number of aryl methyl sites for hydroxylation is 1. The summed E-state index contributed by atoms with van der Waals surface area (Å²) < 4.78 is 5.19. The number of carbonyl (C=O) groups excluding carboxylic acids is 2. The van der Waals surface area contributed by atoms with E-state index in [2.05, 4.69) is 12.2 Å². The Balaban J connectivity index is 1.53. The second kappa shape index (κ2) is 10.4. The van der Waals surface area contributed by atoms with Gasteiger partial charge in [-0.15, -0.1) is 0 Å². The van der Waals surface area contributed by atoms with E-state index in [0.717, 1.165) is 34.5 Å². The van der Waals surface area contributed by atoms with Crippen LogP contribution in [0, 0.1) is 6.92 Å². The second-order valence-corrected chi connectivity index (χ2v) is 8.66. The fraction of sp³-hybridized carbons (Fsp3) is 0.286. The molecule has 1 fully saturated rings. The molecule has 1 saturated heterocycles. The van der Waals surface area contributed by atoms with Gasteiger partial charge >= 0.3 is 6.03 Å². The van der Waals surface area contributed by atoms with Gasteiger partial charge in [0.15, 0.2) is 0 Å². The molecule has 176 valence electrons. The molecule has 0 radical (unpaired) electrons. The average Bonchev–Trinajstić information content (AvgIpc) is 2.85. The molecule has 6 nitrogen and oxygen atoms in total. The second-order valence-electron chi connectivity index (χ2n) is 8.66. The molecule has 1 heterocycles. The van der Waals surface area contributed by atoms with E-state index < -0.39 is 0 Å². The van der Waals surface area contributed by atoms with Crippen molar-refractivity contribution in [3.63, 3.8) is 0 Å². The van der Waals surface area contributed by atoms with Crippen LogP contribution in [0.3, 0.4) is 0 Å². The van der Waals surface area contributed by atoms with Crippen molar-refractivity contribution >= 4 is 23.3 Å². The van der Waals surface area contributed by atoms with Crippen LogP contribution in [0.4, 0.5) is 16.2 Å². The van der Waals surface area contributed by atoms with E-state index in [1.807, 2.05) is 84.6 Å². The Morgan fingerprint density at radius 3 is 2.47 bits per heavy atom. The quantitative estimate of drug-likeness (QED) is 0.504. The third-order valence-corrected chi connectivity index (χ3v) is 6.25. The Bertz CT molecular complexity index is 1150. The molecule has 3 aromatic rings. The first-order chi connectivity index (χ1) is 16.5. The summed E-state index contributed by atoms with van der Waals surface area (Å²) in [4.78, 5) is 30.1. The summed E-state index contributed by atoms with van der Waals surface area (Å²) in [6.07, 6.45) is 1.10. The number of methoxy groups -OCH3 is 1. The first-order valence-electron chi connectivity index (χ1n) is 11.6. The highest BCUT2D eigenvalue weighted by atomic mass is 16.5. The number of urea groups is 1. The Hall–Kier alpha value is -3.80. The summed E-state index contributed by atoms with van der Waals surface area (Å²) in [5, 5.41) is 3.04. The molecule has 1 aliphatic heterocycles. The van der Waals surface area contributed by atoms with Crippen LogP contribution in [0.1, 0.15) is 36.1 Å². The van der Waals surface area contributed by atoms with E-state index in [0.29, 0.717) is 18.8 Å². The predicted molar refractivity (Wildman–Crippen MR) is 135 cm³/mol. The number of hydrogen-bond donors (Lipinski definition) is 1. The number of benzene rings is 3. The van der Waals surface area contributed by atoms with Crippen molar-refractivity contribution in [2.24, 2.45) is 0 Å². The number of anilines is 2. The maximum absolute atomic E-state index is 13.5. The van der Waals surface area contributed by atoms with E-state index >= 15 is 0 Å². The lowest BCUT2D eigenvalue weighted by Crippen LogP contribution is -2.50. The minimum absolute atomic E-state index is 0.0324. The highest BCUT2D eigenvalue weighted by molar-refractivity contribution is 6.01. The number of carbonyl (C=O) groups is 2. The molecule has 1 unspecified atom stereocenters. The van der Waals surface area contributed by atoms with E-state index in [1.54, 1.807) is 12.0 Å². The first kappa shape index (κ1) is 23.4. The van der Waals surface area contributed by atoms with Crippen LogP contribution < -0.4 is 15.0 Å². The summed E-state index contributed by atoms with van der Waals surface area (Å²) in [5.74, 6) is 0.624. The van der Waals surface area contributed by atoms with Crippen molar-refractivity contribution < 1.29 is 14.3 Å². The number of hydrogen-bond acceptors (Lipinski definition) is 3. The molecule has 1 atom stereocenters. The van der Waals surface area contributed by atoms with E-state index in [1.165, 1.54) is 0 Å². The van der Waals surface area contributed by atoms with Crippen molar-refractivity contribution in [1.82, 2.24) is 4.90 Å². The van der Waals surface area contributed by atoms with Gasteiger partial charge in [0.05, 0.1) is 30.9 Å². The maximum atomic E-state index is 13.5. The summed E-state index contributed by atoms with van der Waals surface area (Å²) in [6.45, 7) is 5.35. The zero-order valence-electron chi connectivity index (χ0n) is 20.0. The predicted octanol–water partition coefficient (Wildman–Crippen LogP) is 5.58. The Labute approximate surface area is 201 Å². The fourth-order valence-electron chi connectivity index (χ4n) is 4.35. The number of rotatable bonds is 7. The van der Waals surface area contributed by atoms with Crippen molar-refractivity contribution in [2.75, 3.05) is 30.4 Å². The van der Waals surface area contributed by atoms with Gasteiger partial charge in [0, 0.05) is 13.1 Å². The van der Waals surface area contributed by atoms with Gasteiger partial charge in [0.25, 0.3) is 0 Å². The van der Waals surface area contributed by atoms with Crippen molar-refractivity contribution in [1.29, 1.82) is 0 Å². The van der Waals surface area contributed by atoms with Crippen LogP contribution in [-0.2, 0) is 11.2 Å². The van der Waals surface area contributed by atoms with Gasteiger partial charge in [-0.05, 0) is 61.2 Å². The molecule has 4 rings (SSSR count). The summed E-state index contributed by atoms with van der Waals surface area (Å²) in [7, 11) is 1.62. The Morgan fingerprint density at radius 1 is 1.03 bits per heavy atom. The highest BCUT2D eigenvalue weighted by Crippen LogP contribution is 2.32. The first-order valence-corrected chi connectivity index (χ1v) is 11.6. The fourth-order valence-corrected chi connectivity index (χ4v) is 4.35. The molecular weight excluding hydrogens is 426 g/mol. The number of ether oxygens (including phenoxy) is 1.